The Morgan fingerprint density at radius 2 is 1.96 bits per heavy atom. The number of hydrogen-bond acceptors (Lipinski definition) is 3. The van der Waals surface area contributed by atoms with E-state index in [1.165, 1.54) is 12.1 Å². The summed E-state index contributed by atoms with van der Waals surface area (Å²) in [5.41, 5.74) is -0.618. The van der Waals surface area contributed by atoms with Crippen LogP contribution in [0.1, 0.15) is 34.3 Å². The minimum absolute atomic E-state index is 0.188. The van der Waals surface area contributed by atoms with Gasteiger partial charge in [0, 0.05) is 17.4 Å². The van der Waals surface area contributed by atoms with Crippen LogP contribution in [0.15, 0.2) is 35.3 Å². The topological polar surface area (TPSA) is 68.2 Å². The Morgan fingerprint density at radius 1 is 1.27 bits per heavy atom. The number of aromatic nitrogens is 1. The van der Waals surface area contributed by atoms with E-state index in [-0.39, 0.29) is 11.5 Å². The summed E-state index contributed by atoms with van der Waals surface area (Å²) in [7, 11) is 0. The molecule has 2 heterocycles. The van der Waals surface area contributed by atoms with Crippen LogP contribution in [0.5, 0.6) is 0 Å². The number of carbonyl (C=O) groups is 2. The van der Waals surface area contributed by atoms with Crippen LogP contribution in [-0.4, -0.2) is 16.3 Å². The Labute approximate surface area is 150 Å². The van der Waals surface area contributed by atoms with E-state index >= 15 is 0 Å². The summed E-state index contributed by atoms with van der Waals surface area (Å²) in [5, 5.41) is 2.04. The van der Waals surface area contributed by atoms with E-state index in [0.29, 0.717) is 28.1 Å². The molecule has 0 unspecified atom stereocenters. The van der Waals surface area contributed by atoms with Crippen molar-refractivity contribution in [1.29, 1.82) is 0 Å². The van der Waals surface area contributed by atoms with E-state index in [1.54, 1.807) is 13.0 Å². The first-order valence-electron chi connectivity index (χ1n) is 7.53. The maximum atomic E-state index is 12.9. The second kappa shape index (κ2) is 6.28. The summed E-state index contributed by atoms with van der Waals surface area (Å²) >= 11 is 5.58. The van der Waals surface area contributed by atoms with Gasteiger partial charge in [-0.25, -0.2) is 0 Å². The van der Waals surface area contributed by atoms with Crippen LogP contribution in [-0.2, 0) is 17.5 Å². The number of Topliss-reactive ketones (excluding diaryl/α,β-unsaturated/α-hetero) is 1. The molecule has 0 fully saturated rings. The number of halogens is 4. The number of alkyl halides is 3. The molecular weight excluding hydrogens is 373 g/mol. The van der Waals surface area contributed by atoms with Crippen LogP contribution in [0.4, 0.5) is 18.9 Å². The predicted molar refractivity (Wildman–Crippen MR) is 88.5 cm³/mol. The standard InChI is InChI=1S/C17H12ClF3N2O3/c1-8-11-4-9(2-3-13(11)22-15(8)25)14(24)7-23-6-10(17(19,20)21)5-12(18)16(23)26/h2-6,8H,7H2,1H3,(H,22,25)/t8-/m0/s1. The number of nitrogens with zero attached hydrogens (tertiary/aromatic N) is 1. The highest BCUT2D eigenvalue weighted by Crippen LogP contribution is 2.33. The van der Waals surface area contributed by atoms with Crippen molar-refractivity contribution in [2.75, 3.05) is 5.32 Å². The van der Waals surface area contributed by atoms with Gasteiger partial charge in [-0.2, -0.15) is 13.2 Å². The van der Waals surface area contributed by atoms with E-state index < -0.39 is 40.6 Å². The average molecular weight is 385 g/mol. The number of amides is 1. The van der Waals surface area contributed by atoms with Crippen LogP contribution in [0, 0.1) is 0 Å². The van der Waals surface area contributed by atoms with E-state index in [4.69, 9.17) is 11.6 Å². The number of pyridine rings is 1. The zero-order valence-electron chi connectivity index (χ0n) is 13.4. The third kappa shape index (κ3) is 3.24. The summed E-state index contributed by atoms with van der Waals surface area (Å²) in [6.07, 6.45) is -4.13. The lowest BCUT2D eigenvalue weighted by Crippen LogP contribution is -2.26. The zero-order chi connectivity index (χ0) is 19.2. The number of ketones is 1. The number of nitrogens with one attached hydrogen (secondary N) is 1. The number of anilines is 1. The summed E-state index contributed by atoms with van der Waals surface area (Å²) in [4.78, 5) is 36.0. The van der Waals surface area contributed by atoms with Crippen molar-refractivity contribution >= 4 is 29.0 Å². The molecular formula is C17H12ClF3N2O3. The molecule has 1 aliphatic rings. The van der Waals surface area contributed by atoms with Crippen LogP contribution in [0.3, 0.4) is 0 Å². The van der Waals surface area contributed by atoms with E-state index in [2.05, 4.69) is 5.32 Å². The normalized spacial score (nSPS) is 16.3. The zero-order valence-corrected chi connectivity index (χ0v) is 14.1. The second-order valence-corrected chi connectivity index (χ2v) is 6.35. The highest BCUT2D eigenvalue weighted by atomic mass is 35.5. The SMILES string of the molecule is C[C@@H]1C(=O)Nc2ccc(C(=O)Cn3cc(C(F)(F)F)cc(Cl)c3=O)cc21. The minimum atomic E-state index is -4.70. The highest BCUT2D eigenvalue weighted by molar-refractivity contribution is 6.30. The molecule has 136 valence electrons. The number of rotatable bonds is 3. The number of benzene rings is 1. The quantitative estimate of drug-likeness (QED) is 0.824. The average Bonchev–Trinajstić information content (AvgIpc) is 2.84. The highest BCUT2D eigenvalue weighted by Gasteiger charge is 2.32. The molecule has 1 N–H and O–H groups in total. The van der Waals surface area contributed by atoms with Crippen molar-refractivity contribution in [1.82, 2.24) is 4.57 Å². The Hall–Kier alpha value is -2.61. The molecule has 3 rings (SSSR count). The van der Waals surface area contributed by atoms with Crippen molar-refractivity contribution in [2.45, 2.75) is 25.6 Å². The minimum Gasteiger partial charge on any atom is -0.325 e. The fourth-order valence-electron chi connectivity index (χ4n) is 2.71. The van der Waals surface area contributed by atoms with Crippen LogP contribution >= 0.6 is 11.6 Å². The monoisotopic (exact) mass is 384 g/mol. The van der Waals surface area contributed by atoms with E-state index in [0.717, 1.165) is 0 Å². The van der Waals surface area contributed by atoms with Crippen LogP contribution in [0.2, 0.25) is 5.02 Å². The molecule has 1 aliphatic heterocycles. The van der Waals surface area contributed by atoms with E-state index in [1.807, 2.05) is 0 Å². The molecule has 9 heteroatoms. The molecule has 0 spiro atoms. The van der Waals surface area contributed by atoms with Gasteiger partial charge < -0.3 is 9.88 Å². The van der Waals surface area contributed by atoms with Crippen LogP contribution in [0.25, 0.3) is 0 Å². The van der Waals surface area contributed by atoms with Gasteiger partial charge in [-0.05, 0) is 36.8 Å². The second-order valence-electron chi connectivity index (χ2n) is 5.94. The number of carbonyl (C=O) groups excluding carboxylic acids is 2. The van der Waals surface area contributed by atoms with Crippen molar-refractivity contribution < 1.29 is 22.8 Å². The van der Waals surface area contributed by atoms with Gasteiger partial charge in [0.05, 0.1) is 18.0 Å². The molecule has 2 aromatic rings. The first-order chi connectivity index (χ1) is 12.1. The summed E-state index contributed by atoms with van der Waals surface area (Å²) < 4.78 is 39.2. The fourth-order valence-corrected chi connectivity index (χ4v) is 2.93. The molecule has 1 amide bonds. The molecule has 0 aliphatic carbocycles. The van der Waals surface area contributed by atoms with Gasteiger partial charge in [-0.15, -0.1) is 0 Å². The Morgan fingerprint density at radius 3 is 2.62 bits per heavy atom. The van der Waals surface area contributed by atoms with Gasteiger partial charge in [0.25, 0.3) is 5.56 Å². The van der Waals surface area contributed by atoms with Gasteiger partial charge in [-0.3, -0.25) is 14.4 Å². The Bertz CT molecular complexity index is 982. The summed E-state index contributed by atoms with van der Waals surface area (Å²) in [6, 6.07) is 5.02. The lowest BCUT2D eigenvalue weighted by molar-refractivity contribution is -0.138. The molecule has 0 saturated carbocycles. The van der Waals surface area contributed by atoms with Crippen molar-refractivity contribution in [3.05, 3.63) is 62.5 Å². The van der Waals surface area contributed by atoms with Gasteiger partial charge in [-0.1, -0.05) is 11.6 Å². The first-order valence-corrected chi connectivity index (χ1v) is 7.91. The molecule has 1 aromatic heterocycles. The summed E-state index contributed by atoms with van der Waals surface area (Å²) in [5.74, 6) is -1.22. The third-order valence-electron chi connectivity index (χ3n) is 4.17. The van der Waals surface area contributed by atoms with Crippen molar-refractivity contribution in [3.8, 4) is 0 Å². The van der Waals surface area contributed by atoms with Crippen LogP contribution < -0.4 is 10.9 Å². The van der Waals surface area contributed by atoms with E-state index in [9.17, 15) is 27.6 Å². The maximum absolute atomic E-state index is 12.9. The third-order valence-corrected chi connectivity index (χ3v) is 4.45. The molecule has 26 heavy (non-hydrogen) atoms. The maximum Gasteiger partial charge on any atom is 0.417 e. The Kier molecular flexibility index (Phi) is 4.39. The molecule has 1 aromatic carbocycles. The van der Waals surface area contributed by atoms with Gasteiger partial charge in [0.15, 0.2) is 5.78 Å². The van der Waals surface area contributed by atoms with Gasteiger partial charge >= 0.3 is 6.18 Å². The molecule has 5 nitrogen and oxygen atoms in total. The van der Waals surface area contributed by atoms with Gasteiger partial charge in [0.1, 0.15) is 5.02 Å². The van der Waals surface area contributed by atoms with Crippen molar-refractivity contribution in [2.24, 2.45) is 0 Å². The lowest BCUT2D eigenvalue weighted by Gasteiger charge is -2.12. The molecule has 0 radical (unpaired) electrons. The smallest absolute Gasteiger partial charge is 0.325 e. The molecule has 0 saturated heterocycles. The Balaban J connectivity index is 1.93. The summed E-state index contributed by atoms with van der Waals surface area (Å²) in [6.45, 7) is 1.07. The largest absolute Gasteiger partial charge is 0.417 e. The predicted octanol–water partition coefficient (Wildman–Crippen LogP) is 3.46. The first kappa shape index (κ1) is 18.2. The number of hydrogen-bond donors (Lipinski definition) is 1. The lowest BCUT2D eigenvalue weighted by atomic mass is 9.99. The van der Waals surface area contributed by atoms with Gasteiger partial charge in [0.2, 0.25) is 5.91 Å². The molecule has 0 bridgehead atoms. The fraction of sp³-hybridized carbons (Fsp3) is 0.235. The molecule has 1 atom stereocenters. The van der Waals surface area contributed by atoms with Crippen molar-refractivity contribution in [3.63, 3.8) is 0 Å². The number of fused-ring (bicyclic) bond motifs is 1.